The molecule has 0 amide bonds. The molecular weight excluding hydrogens is 363 g/mol. The summed E-state index contributed by atoms with van der Waals surface area (Å²) in [5.74, 6) is -0.310. The van der Waals surface area contributed by atoms with Crippen LogP contribution in [0.5, 0.6) is 0 Å². The van der Waals surface area contributed by atoms with E-state index >= 15 is 0 Å². The van der Waals surface area contributed by atoms with E-state index in [0.717, 1.165) is 27.1 Å². The van der Waals surface area contributed by atoms with Crippen molar-refractivity contribution in [3.05, 3.63) is 70.4 Å². The summed E-state index contributed by atoms with van der Waals surface area (Å²) in [5, 5.41) is 2.91. The highest BCUT2D eigenvalue weighted by Crippen LogP contribution is 2.37. The smallest absolute Gasteiger partial charge is 0.151 e. The van der Waals surface area contributed by atoms with E-state index in [0.29, 0.717) is 0 Å². The molecular formula is C21H21FN2S2. The Bertz CT molecular complexity index is 1020. The van der Waals surface area contributed by atoms with E-state index in [9.17, 15) is 4.39 Å². The zero-order chi connectivity index (χ0) is 18.7. The number of benzene rings is 1. The van der Waals surface area contributed by atoms with Gasteiger partial charge in [-0.15, -0.1) is 11.3 Å². The summed E-state index contributed by atoms with van der Waals surface area (Å²) in [5.41, 5.74) is 4.17. The summed E-state index contributed by atoms with van der Waals surface area (Å²) < 4.78 is 15.8. The van der Waals surface area contributed by atoms with Crippen molar-refractivity contribution in [2.45, 2.75) is 32.6 Å². The second-order valence-electron chi connectivity index (χ2n) is 5.69. The van der Waals surface area contributed by atoms with Crippen molar-refractivity contribution >= 4 is 34.3 Å². The van der Waals surface area contributed by atoms with Crippen LogP contribution in [0.4, 0.5) is 4.39 Å². The van der Waals surface area contributed by atoms with Gasteiger partial charge in [0.2, 0.25) is 0 Å². The second-order valence-corrected chi connectivity index (χ2v) is 7.86. The van der Waals surface area contributed by atoms with E-state index in [-0.39, 0.29) is 5.82 Å². The van der Waals surface area contributed by atoms with Crippen molar-refractivity contribution in [1.82, 2.24) is 8.96 Å². The van der Waals surface area contributed by atoms with Gasteiger partial charge in [-0.3, -0.25) is 3.97 Å². The number of aromatic nitrogens is 2. The minimum absolute atomic E-state index is 0.310. The third-order valence-corrected chi connectivity index (χ3v) is 5.76. The molecule has 3 heterocycles. The number of hydrogen-bond donors (Lipinski definition) is 0. The van der Waals surface area contributed by atoms with Crippen LogP contribution < -0.4 is 0 Å². The summed E-state index contributed by atoms with van der Waals surface area (Å²) in [6.07, 6.45) is 3.33. The Morgan fingerprint density at radius 1 is 1.04 bits per heavy atom. The van der Waals surface area contributed by atoms with Gasteiger partial charge >= 0.3 is 0 Å². The van der Waals surface area contributed by atoms with Crippen molar-refractivity contribution in [3.63, 3.8) is 0 Å². The van der Waals surface area contributed by atoms with Gasteiger partial charge < -0.3 is 0 Å². The second kappa shape index (κ2) is 8.06. The number of pyridine rings is 1. The highest BCUT2D eigenvalue weighted by atomic mass is 32.2. The third kappa shape index (κ3) is 3.69. The predicted molar refractivity (Wildman–Crippen MR) is 112 cm³/mol. The molecule has 0 saturated heterocycles. The number of rotatable bonds is 3. The van der Waals surface area contributed by atoms with Gasteiger partial charge in [0, 0.05) is 26.9 Å². The lowest BCUT2D eigenvalue weighted by molar-refractivity contribution is 0.624. The summed E-state index contributed by atoms with van der Waals surface area (Å²) in [6, 6.07) is 12.0. The average Bonchev–Trinajstić information content (AvgIpc) is 3.22. The molecule has 0 spiro atoms. The average molecular weight is 385 g/mol. The highest BCUT2D eigenvalue weighted by molar-refractivity contribution is 7.98. The van der Waals surface area contributed by atoms with Gasteiger partial charge in [0.05, 0.1) is 6.20 Å². The molecule has 0 fully saturated rings. The molecule has 0 bridgehead atoms. The van der Waals surface area contributed by atoms with E-state index in [4.69, 9.17) is 0 Å². The molecule has 5 heteroatoms. The molecule has 4 rings (SSSR count). The largest absolute Gasteiger partial charge is 0.270 e. The van der Waals surface area contributed by atoms with Gasteiger partial charge in [0.25, 0.3) is 0 Å². The first-order valence-corrected chi connectivity index (χ1v) is 10.2. The van der Waals surface area contributed by atoms with Crippen LogP contribution in [-0.2, 0) is 0 Å². The molecule has 3 aromatic heterocycles. The first kappa shape index (κ1) is 18.7. The van der Waals surface area contributed by atoms with Crippen molar-refractivity contribution in [2.24, 2.45) is 0 Å². The highest BCUT2D eigenvalue weighted by Gasteiger charge is 2.15. The van der Waals surface area contributed by atoms with Crippen molar-refractivity contribution in [3.8, 4) is 11.1 Å². The molecule has 1 aromatic carbocycles. The lowest BCUT2D eigenvalue weighted by Gasteiger charge is -2.03. The minimum Gasteiger partial charge on any atom is -0.270 e. The Morgan fingerprint density at radius 3 is 2.42 bits per heavy atom. The zero-order valence-corrected chi connectivity index (χ0v) is 16.9. The Balaban J connectivity index is 0.000000948. The Labute approximate surface area is 161 Å². The maximum Gasteiger partial charge on any atom is 0.151 e. The van der Waals surface area contributed by atoms with E-state index in [2.05, 4.69) is 60.7 Å². The van der Waals surface area contributed by atoms with Crippen LogP contribution in [-0.4, -0.2) is 8.96 Å². The molecule has 0 radical (unpaired) electrons. The van der Waals surface area contributed by atoms with Crippen LogP contribution in [0.1, 0.15) is 24.3 Å². The van der Waals surface area contributed by atoms with Gasteiger partial charge in [0.15, 0.2) is 5.65 Å². The fraction of sp³-hybridized carbons (Fsp3) is 0.190. The summed E-state index contributed by atoms with van der Waals surface area (Å²) in [4.78, 5) is 6.67. The van der Waals surface area contributed by atoms with Crippen LogP contribution in [0.3, 0.4) is 0 Å². The molecule has 2 nitrogen and oxygen atoms in total. The first-order valence-electron chi connectivity index (χ1n) is 8.58. The molecule has 0 saturated carbocycles. The number of fused-ring (bicyclic) bond motifs is 1. The van der Waals surface area contributed by atoms with Crippen LogP contribution in [0, 0.1) is 19.7 Å². The fourth-order valence-corrected chi connectivity index (χ4v) is 4.30. The van der Waals surface area contributed by atoms with E-state index in [1.54, 1.807) is 29.4 Å². The van der Waals surface area contributed by atoms with Crippen LogP contribution in [0.2, 0.25) is 0 Å². The third-order valence-electron chi connectivity index (χ3n) is 3.95. The molecule has 0 unspecified atom stereocenters. The Kier molecular flexibility index (Phi) is 5.79. The summed E-state index contributed by atoms with van der Waals surface area (Å²) in [6.45, 7) is 8.16. The quantitative estimate of drug-likeness (QED) is 0.375. The molecule has 0 atom stereocenters. The van der Waals surface area contributed by atoms with Crippen LogP contribution >= 0.6 is 23.3 Å². The fourth-order valence-electron chi connectivity index (χ4n) is 2.72. The number of aryl methyl sites for hydroxylation is 2. The Hall–Kier alpha value is -2.11. The van der Waals surface area contributed by atoms with Gasteiger partial charge in [-0.1, -0.05) is 31.5 Å². The van der Waals surface area contributed by atoms with Gasteiger partial charge in [0.1, 0.15) is 5.82 Å². The van der Waals surface area contributed by atoms with Gasteiger partial charge in [-0.05, 0) is 61.0 Å². The SMILES string of the molecule is CC.Cc1ccc(Sn2cc(-c3ccsc3C)c3cc(F)cnc32)cc1. The van der Waals surface area contributed by atoms with Crippen LogP contribution in [0.15, 0.2) is 59.1 Å². The first-order chi connectivity index (χ1) is 12.6. The summed E-state index contributed by atoms with van der Waals surface area (Å²) >= 11 is 3.29. The lowest BCUT2D eigenvalue weighted by Crippen LogP contribution is -1.88. The monoisotopic (exact) mass is 384 g/mol. The topological polar surface area (TPSA) is 17.8 Å². The van der Waals surface area contributed by atoms with E-state index in [1.807, 2.05) is 17.8 Å². The van der Waals surface area contributed by atoms with Gasteiger partial charge in [-0.2, -0.15) is 0 Å². The van der Waals surface area contributed by atoms with Crippen molar-refractivity contribution in [2.75, 3.05) is 0 Å². The number of hydrogen-bond acceptors (Lipinski definition) is 3. The standard InChI is InChI=1S/C19H15FN2S2.C2H6/c1-12-3-5-15(6-4-12)24-22-11-18(16-7-8-23-13(16)2)17-9-14(20)10-21-19(17)22;1-2/h3-11H,1-2H3;1-2H3. The van der Waals surface area contributed by atoms with E-state index < -0.39 is 0 Å². The molecule has 0 aliphatic rings. The lowest BCUT2D eigenvalue weighted by atomic mass is 10.1. The number of nitrogens with zero attached hydrogens (tertiary/aromatic N) is 2. The number of halogens is 1. The maximum atomic E-state index is 13.8. The molecule has 26 heavy (non-hydrogen) atoms. The Morgan fingerprint density at radius 2 is 1.77 bits per heavy atom. The molecule has 0 aliphatic heterocycles. The normalized spacial score (nSPS) is 10.7. The van der Waals surface area contributed by atoms with Gasteiger partial charge in [-0.25, -0.2) is 9.37 Å². The minimum atomic E-state index is -0.310. The van der Waals surface area contributed by atoms with Crippen molar-refractivity contribution in [1.29, 1.82) is 0 Å². The summed E-state index contributed by atoms with van der Waals surface area (Å²) in [7, 11) is 0. The molecule has 4 aromatic rings. The predicted octanol–water partition coefficient (Wildman–Crippen LogP) is 7.10. The number of thiophene rings is 1. The van der Waals surface area contributed by atoms with Crippen LogP contribution in [0.25, 0.3) is 22.2 Å². The molecule has 134 valence electrons. The molecule has 0 N–H and O–H groups in total. The zero-order valence-electron chi connectivity index (χ0n) is 15.3. The van der Waals surface area contributed by atoms with E-state index in [1.165, 1.54) is 16.6 Å². The van der Waals surface area contributed by atoms with Crippen molar-refractivity contribution < 1.29 is 4.39 Å². The molecule has 0 aliphatic carbocycles. The maximum absolute atomic E-state index is 13.8.